The van der Waals surface area contributed by atoms with Crippen molar-refractivity contribution in [3.05, 3.63) is 95.1 Å². The average Bonchev–Trinajstić information content (AvgIpc) is 3.37. The van der Waals surface area contributed by atoms with Crippen molar-refractivity contribution in [3.8, 4) is 5.75 Å². The van der Waals surface area contributed by atoms with Crippen molar-refractivity contribution >= 4 is 44.1 Å². The molecule has 0 spiro atoms. The highest BCUT2D eigenvalue weighted by Gasteiger charge is 2.48. The molecule has 7 heteroatoms. The third-order valence-electron chi connectivity index (χ3n) is 5.64. The van der Waals surface area contributed by atoms with Gasteiger partial charge in [-0.15, -0.1) is 0 Å². The van der Waals surface area contributed by atoms with Crippen molar-refractivity contribution in [2.24, 2.45) is 0 Å². The van der Waals surface area contributed by atoms with Crippen LogP contribution in [0.25, 0.3) is 16.0 Å². The Balaban J connectivity index is 1.73. The fourth-order valence-electron chi connectivity index (χ4n) is 4.06. The highest BCUT2D eigenvalue weighted by molar-refractivity contribution is 7.22. The molecule has 1 atom stereocenters. The number of aromatic nitrogens is 1. The highest BCUT2D eigenvalue weighted by atomic mass is 32.1. The molecule has 0 radical (unpaired) electrons. The van der Waals surface area contributed by atoms with E-state index in [0.717, 1.165) is 15.8 Å². The van der Waals surface area contributed by atoms with Crippen molar-refractivity contribution in [2.75, 3.05) is 12.0 Å². The van der Waals surface area contributed by atoms with Crippen LogP contribution in [0, 0.1) is 6.92 Å². The SMILES string of the molecule is COc1ccc2nc(N3C(=O)C(=O)/C(=C(/O)c4ccccc4)C3c3cccc(C)c3)sc2c1. The van der Waals surface area contributed by atoms with Gasteiger partial charge in [-0.1, -0.05) is 71.5 Å². The van der Waals surface area contributed by atoms with Gasteiger partial charge < -0.3 is 9.84 Å². The van der Waals surface area contributed by atoms with Gasteiger partial charge in [-0.2, -0.15) is 0 Å². The number of Topliss-reactive ketones (excluding diaryl/α,β-unsaturated/α-hetero) is 1. The molecule has 1 unspecified atom stereocenters. The molecule has 1 saturated heterocycles. The monoisotopic (exact) mass is 456 g/mol. The molecule has 5 rings (SSSR count). The molecular formula is C26H20N2O4S. The second-order valence-corrected chi connectivity index (χ2v) is 8.79. The Hall–Kier alpha value is -3.97. The number of fused-ring (bicyclic) bond motifs is 1. The summed E-state index contributed by atoms with van der Waals surface area (Å²) in [5, 5.41) is 11.5. The molecule has 1 aliphatic heterocycles. The largest absolute Gasteiger partial charge is 0.507 e. The minimum Gasteiger partial charge on any atom is -0.507 e. The van der Waals surface area contributed by atoms with Crippen molar-refractivity contribution in [1.29, 1.82) is 0 Å². The fraction of sp³-hybridized carbons (Fsp3) is 0.115. The molecule has 0 aliphatic carbocycles. The van der Waals surface area contributed by atoms with E-state index in [1.165, 1.54) is 16.2 Å². The number of thiazole rings is 1. The van der Waals surface area contributed by atoms with Crippen LogP contribution in [0.15, 0.2) is 78.4 Å². The van der Waals surface area contributed by atoms with Gasteiger partial charge in [0.2, 0.25) is 0 Å². The molecule has 1 amide bonds. The van der Waals surface area contributed by atoms with Crippen LogP contribution in [0.3, 0.4) is 0 Å². The molecule has 2 heterocycles. The third kappa shape index (κ3) is 3.56. The van der Waals surface area contributed by atoms with Gasteiger partial charge in [0.25, 0.3) is 5.78 Å². The van der Waals surface area contributed by atoms with Crippen molar-refractivity contribution in [2.45, 2.75) is 13.0 Å². The summed E-state index contributed by atoms with van der Waals surface area (Å²) in [6.07, 6.45) is 0. The normalized spacial score (nSPS) is 17.6. The lowest BCUT2D eigenvalue weighted by atomic mass is 9.94. The summed E-state index contributed by atoms with van der Waals surface area (Å²) >= 11 is 1.30. The molecule has 3 aromatic carbocycles. The van der Waals surface area contributed by atoms with E-state index in [2.05, 4.69) is 4.98 Å². The van der Waals surface area contributed by atoms with Crippen molar-refractivity contribution < 1.29 is 19.4 Å². The molecule has 164 valence electrons. The first kappa shape index (κ1) is 20.9. The van der Waals surface area contributed by atoms with E-state index >= 15 is 0 Å². The second-order valence-electron chi connectivity index (χ2n) is 7.78. The number of ether oxygens (including phenoxy) is 1. The maximum absolute atomic E-state index is 13.3. The van der Waals surface area contributed by atoms with Crippen LogP contribution in [0.2, 0.25) is 0 Å². The molecule has 1 fully saturated rings. The molecule has 0 saturated carbocycles. The first-order valence-corrected chi connectivity index (χ1v) is 11.2. The Kier molecular flexibility index (Phi) is 5.18. The maximum atomic E-state index is 13.3. The van der Waals surface area contributed by atoms with Crippen LogP contribution in [0.1, 0.15) is 22.7 Å². The molecular weight excluding hydrogens is 436 g/mol. The van der Waals surface area contributed by atoms with E-state index in [4.69, 9.17) is 4.74 Å². The molecule has 33 heavy (non-hydrogen) atoms. The van der Waals surface area contributed by atoms with E-state index < -0.39 is 17.7 Å². The smallest absolute Gasteiger partial charge is 0.301 e. The number of aliphatic hydroxyl groups is 1. The number of hydrogen-bond acceptors (Lipinski definition) is 6. The van der Waals surface area contributed by atoms with E-state index in [1.807, 2.05) is 49.4 Å². The molecule has 1 aromatic heterocycles. The van der Waals surface area contributed by atoms with Crippen LogP contribution in [0.5, 0.6) is 5.75 Å². The Morgan fingerprint density at radius 2 is 1.82 bits per heavy atom. The van der Waals surface area contributed by atoms with E-state index in [0.29, 0.717) is 22.0 Å². The predicted molar refractivity (Wildman–Crippen MR) is 129 cm³/mol. The lowest BCUT2D eigenvalue weighted by molar-refractivity contribution is -0.132. The van der Waals surface area contributed by atoms with E-state index in [9.17, 15) is 14.7 Å². The standard InChI is InChI=1S/C26H20N2O4S/c1-15-7-6-10-17(13-15)22-21(23(29)16-8-4-3-5-9-16)24(30)25(31)28(22)26-27-19-12-11-18(32-2)14-20(19)33-26/h3-14,22,29H,1-2H3/b23-21+. The van der Waals surface area contributed by atoms with Crippen molar-refractivity contribution in [1.82, 2.24) is 4.98 Å². The Labute approximate surface area is 194 Å². The Morgan fingerprint density at radius 1 is 1.03 bits per heavy atom. The highest BCUT2D eigenvalue weighted by Crippen LogP contribution is 2.44. The number of carbonyl (C=O) groups excluding carboxylic acids is 2. The van der Waals surface area contributed by atoms with Gasteiger partial charge in [-0.3, -0.25) is 14.5 Å². The predicted octanol–water partition coefficient (Wildman–Crippen LogP) is 5.24. The topological polar surface area (TPSA) is 79.7 Å². The van der Waals surface area contributed by atoms with Crippen LogP contribution in [-0.2, 0) is 9.59 Å². The van der Waals surface area contributed by atoms with Gasteiger partial charge in [-0.05, 0) is 30.7 Å². The quantitative estimate of drug-likeness (QED) is 0.258. The molecule has 4 aromatic rings. The van der Waals surface area contributed by atoms with Crippen molar-refractivity contribution in [3.63, 3.8) is 0 Å². The molecule has 6 nitrogen and oxygen atoms in total. The van der Waals surface area contributed by atoms with Gasteiger partial charge in [0.05, 0.1) is 28.9 Å². The first-order chi connectivity index (χ1) is 16.0. The number of ketones is 1. The zero-order chi connectivity index (χ0) is 23.1. The number of benzene rings is 3. The summed E-state index contributed by atoms with van der Waals surface area (Å²) in [6.45, 7) is 1.94. The minimum atomic E-state index is -0.799. The number of methoxy groups -OCH3 is 1. The zero-order valence-corrected chi connectivity index (χ0v) is 18.8. The Bertz CT molecular complexity index is 1420. The third-order valence-corrected chi connectivity index (χ3v) is 6.66. The molecule has 1 N–H and O–H groups in total. The lowest BCUT2D eigenvalue weighted by Gasteiger charge is -2.23. The molecule has 1 aliphatic rings. The maximum Gasteiger partial charge on any atom is 0.301 e. The number of anilines is 1. The number of amides is 1. The average molecular weight is 457 g/mol. The number of nitrogens with zero attached hydrogens (tertiary/aromatic N) is 2. The summed E-state index contributed by atoms with van der Waals surface area (Å²) < 4.78 is 6.13. The van der Waals surface area contributed by atoms with E-state index in [-0.39, 0.29) is 11.3 Å². The number of hydrogen-bond donors (Lipinski definition) is 1. The number of aryl methyl sites for hydroxylation is 1. The van der Waals surface area contributed by atoms with Gasteiger partial charge in [-0.25, -0.2) is 4.98 Å². The van der Waals surface area contributed by atoms with Gasteiger partial charge >= 0.3 is 5.91 Å². The molecule has 0 bridgehead atoms. The summed E-state index contributed by atoms with van der Waals surface area (Å²) in [6, 6.07) is 21.0. The second kappa shape index (κ2) is 8.18. The lowest BCUT2D eigenvalue weighted by Crippen LogP contribution is -2.29. The number of aliphatic hydroxyl groups excluding tert-OH is 1. The van der Waals surface area contributed by atoms with Gasteiger partial charge in [0, 0.05) is 5.56 Å². The summed E-state index contributed by atoms with van der Waals surface area (Å²) in [5.74, 6) is -0.977. The van der Waals surface area contributed by atoms with Gasteiger partial charge in [0.15, 0.2) is 5.13 Å². The minimum absolute atomic E-state index is 0.0497. The summed E-state index contributed by atoms with van der Waals surface area (Å²) in [5.41, 5.74) is 2.93. The van der Waals surface area contributed by atoms with Crippen LogP contribution < -0.4 is 9.64 Å². The number of rotatable bonds is 4. The number of carbonyl (C=O) groups is 2. The zero-order valence-electron chi connectivity index (χ0n) is 18.0. The fourth-order valence-corrected chi connectivity index (χ4v) is 5.08. The Morgan fingerprint density at radius 3 is 2.55 bits per heavy atom. The van der Waals surface area contributed by atoms with E-state index in [1.54, 1.807) is 37.4 Å². The van der Waals surface area contributed by atoms with Crippen LogP contribution in [0.4, 0.5) is 5.13 Å². The van der Waals surface area contributed by atoms with Crippen LogP contribution in [-0.4, -0.2) is 28.9 Å². The van der Waals surface area contributed by atoms with Crippen LogP contribution >= 0.6 is 11.3 Å². The first-order valence-electron chi connectivity index (χ1n) is 10.4. The summed E-state index contributed by atoms with van der Waals surface area (Å²) in [7, 11) is 1.59. The summed E-state index contributed by atoms with van der Waals surface area (Å²) in [4.78, 5) is 32.6. The van der Waals surface area contributed by atoms with Gasteiger partial charge in [0.1, 0.15) is 11.5 Å².